The van der Waals surface area contributed by atoms with E-state index in [0.29, 0.717) is 0 Å². The fraction of sp³-hybridized carbons (Fsp3) is 0.667. The van der Waals surface area contributed by atoms with Gasteiger partial charge in [-0.25, -0.2) is 9.88 Å². The molecule has 39 heavy (non-hydrogen) atoms. The summed E-state index contributed by atoms with van der Waals surface area (Å²) in [5.74, 6) is -1.97. The number of benzene rings is 1. The molecule has 0 saturated heterocycles. The third kappa shape index (κ3) is 10.2. The van der Waals surface area contributed by atoms with Gasteiger partial charge in [-0.1, -0.05) is 63.4 Å². The van der Waals surface area contributed by atoms with Crippen molar-refractivity contribution in [1.29, 1.82) is 0 Å². The summed E-state index contributed by atoms with van der Waals surface area (Å²) in [6.07, 6.45) is 2.11. The lowest BCUT2D eigenvalue weighted by molar-refractivity contribution is -0.148. The Bertz CT molecular complexity index is 998. The molecular weight excluding hydrogens is 527 g/mol. The third-order valence-corrected chi connectivity index (χ3v) is 9.22. The molecule has 11 nitrogen and oxygen atoms in total. The number of amides is 1. The Hall–Kier alpha value is -2.46. The summed E-state index contributed by atoms with van der Waals surface area (Å²) in [6, 6.07) is 9.42. The van der Waals surface area contributed by atoms with Gasteiger partial charge >= 0.3 is 18.0 Å². The fourth-order valence-electron chi connectivity index (χ4n) is 4.56. The van der Waals surface area contributed by atoms with Gasteiger partial charge in [0.05, 0.1) is 6.42 Å². The molecular formula is C27H43N2O9P. The predicted molar refractivity (Wildman–Crippen MR) is 145 cm³/mol. The van der Waals surface area contributed by atoms with Crippen molar-refractivity contribution in [3.05, 3.63) is 35.9 Å². The van der Waals surface area contributed by atoms with E-state index >= 15 is 0 Å². The summed E-state index contributed by atoms with van der Waals surface area (Å²) in [6.45, 7) is 6.52. The molecule has 2 rings (SSSR count). The summed E-state index contributed by atoms with van der Waals surface area (Å²) >= 11 is 0. The molecule has 0 spiro atoms. The van der Waals surface area contributed by atoms with Crippen LogP contribution in [0, 0.1) is 11.3 Å². The van der Waals surface area contributed by atoms with Crippen LogP contribution in [0.3, 0.4) is 0 Å². The minimum Gasteiger partial charge on any atom is -0.480 e. The molecule has 1 saturated carbocycles. The van der Waals surface area contributed by atoms with Crippen LogP contribution in [0.2, 0.25) is 0 Å². The molecule has 3 unspecified atom stereocenters. The lowest BCUT2D eigenvalue weighted by Crippen LogP contribution is -2.52. The van der Waals surface area contributed by atoms with Crippen molar-refractivity contribution in [3.8, 4) is 0 Å². The zero-order valence-corrected chi connectivity index (χ0v) is 24.5. The lowest BCUT2D eigenvalue weighted by Gasteiger charge is -2.37. The zero-order valence-electron chi connectivity index (χ0n) is 23.6. The van der Waals surface area contributed by atoms with E-state index in [1.807, 2.05) is 30.3 Å². The van der Waals surface area contributed by atoms with Crippen LogP contribution in [0.1, 0.15) is 71.8 Å². The minimum atomic E-state index is -3.89. The van der Waals surface area contributed by atoms with Crippen molar-refractivity contribution in [2.24, 2.45) is 11.3 Å². The number of rotatable bonds is 15. The molecule has 0 radical (unpaired) electrons. The average Bonchev–Trinajstić information content (AvgIpc) is 2.87. The van der Waals surface area contributed by atoms with Gasteiger partial charge in [-0.15, -0.1) is 0 Å². The van der Waals surface area contributed by atoms with E-state index in [1.54, 1.807) is 13.8 Å². The molecule has 0 bridgehead atoms. The molecule has 3 atom stereocenters. The lowest BCUT2D eigenvalue weighted by atomic mass is 9.71. The van der Waals surface area contributed by atoms with Gasteiger partial charge in [0.2, 0.25) is 6.29 Å². The second kappa shape index (κ2) is 14.8. The summed E-state index contributed by atoms with van der Waals surface area (Å²) < 4.78 is 34.6. The Morgan fingerprint density at radius 1 is 1.10 bits per heavy atom. The molecule has 1 aliphatic rings. The van der Waals surface area contributed by atoms with Gasteiger partial charge in [0, 0.05) is 13.7 Å². The van der Waals surface area contributed by atoms with Gasteiger partial charge in [-0.2, -0.15) is 0 Å². The molecule has 220 valence electrons. The van der Waals surface area contributed by atoms with Gasteiger partial charge in [-0.05, 0) is 43.6 Å². The van der Waals surface area contributed by atoms with Crippen molar-refractivity contribution in [1.82, 2.24) is 10.4 Å². The third-order valence-electron chi connectivity index (χ3n) is 7.18. The zero-order chi connectivity index (χ0) is 29.1. The normalized spacial score (nSPS) is 18.8. The summed E-state index contributed by atoms with van der Waals surface area (Å²) in [5, 5.41) is 15.0. The number of carbonyl (C=O) groups excluding carboxylic acids is 2. The number of hydrogen-bond acceptors (Lipinski definition) is 8. The van der Waals surface area contributed by atoms with Crippen LogP contribution in [0.25, 0.3) is 0 Å². The standard InChI is InChI=1S/C27H43N2O9P/c1-20(2)26(4,24(31)32)29-39(34,19-35-5)38-21(3)37-25(33)28-18-27(14-10-7-11-15-27)16-23(30)36-17-22-12-8-6-9-13-22/h6,8-9,12-13,20-21H,7,10-11,14-19H2,1-5H3,(H,28,33)(H,29,34)(H,31,32). The highest BCUT2D eigenvalue weighted by Gasteiger charge is 2.44. The van der Waals surface area contributed by atoms with Crippen LogP contribution in [0.4, 0.5) is 4.79 Å². The maximum Gasteiger partial charge on any atom is 0.409 e. The van der Waals surface area contributed by atoms with Crippen molar-refractivity contribution in [2.75, 3.05) is 20.0 Å². The van der Waals surface area contributed by atoms with Crippen LogP contribution < -0.4 is 10.4 Å². The maximum absolute atomic E-state index is 13.4. The van der Waals surface area contributed by atoms with Gasteiger partial charge < -0.3 is 24.6 Å². The highest BCUT2D eigenvalue weighted by Crippen LogP contribution is 2.47. The first-order valence-corrected chi connectivity index (χ1v) is 15.1. The average molecular weight is 571 g/mol. The molecule has 1 aromatic rings. The molecule has 1 aromatic carbocycles. The summed E-state index contributed by atoms with van der Waals surface area (Å²) in [7, 11) is -2.59. The van der Waals surface area contributed by atoms with Crippen molar-refractivity contribution < 1.29 is 42.8 Å². The first kappa shape index (κ1) is 32.8. The number of hydrogen-bond donors (Lipinski definition) is 3. The van der Waals surface area contributed by atoms with E-state index in [9.17, 15) is 24.1 Å². The van der Waals surface area contributed by atoms with Crippen LogP contribution in [-0.4, -0.2) is 55.0 Å². The number of ether oxygens (including phenoxy) is 3. The van der Waals surface area contributed by atoms with Crippen molar-refractivity contribution in [2.45, 2.75) is 84.7 Å². The Morgan fingerprint density at radius 3 is 2.31 bits per heavy atom. The number of aliphatic carboxylic acids is 1. The molecule has 0 aromatic heterocycles. The molecule has 1 amide bonds. The number of carboxylic acids is 1. The molecule has 0 aliphatic heterocycles. The van der Waals surface area contributed by atoms with Gasteiger partial charge in [0.25, 0.3) is 7.52 Å². The second-order valence-electron chi connectivity index (χ2n) is 10.7. The smallest absolute Gasteiger partial charge is 0.409 e. The van der Waals surface area contributed by atoms with Gasteiger partial charge in [0.1, 0.15) is 18.5 Å². The SMILES string of the molecule is COCP(=O)(NC(C)(C(=O)O)C(C)C)OC(C)OC(=O)NCC1(CC(=O)OCc2ccccc2)CCCCC1. The van der Waals surface area contributed by atoms with E-state index in [1.165, 1.54) is 21.0 Å². The van der Waals surface area contributed by atoms with Crippen LogP contribution in [0.15, 0.2) is 30.3 Å². The predicted octanol–water partition coefficient (Wildman–Crippen LogP) is 5.05. The van der Waals surface area contributed by atoms with E-state index < -0.39 is 49.1 Å². The largest absolute Gasteiger partial charge is 0.480 e. The van der Waals surface area contributed by atoms with Crippen LogP contribution >= 0.6 is 7.52 Å². The number of carboxylic acid groups (broad SMARTS) is 1. The Balaban J connectivity index is 1.96. The topological polar surface area (TPSA) is 149 Å². The Kier molecular flexibility index (Phi) is 12.4. The number of carbonyl (C=O) groups is 3. The fourth-order valence-corrected chi connectivity index (χ4v) is 6.67. The first-order valence-electron chi connectivity index (χ1n) is 13.3. The monoisotopic (exact) mass is 570 g/mol. The molecule has 3 N–H and O–H groups in total. The Labute approximate surface area is 230 Å². The van der Waals surface area contributed by atoms with Crippen molar-refractivity contribution >= 4 is 25.6 Å². The van der Waals surface area contributed by atoms with Crippen LogP contribution in [-0.2, 0) is 39.5 Å². The highest BCUT2D eigenvalue weighted by molar-refractivity contribution is 7.56. The van der Waals surface area contributed by atoms with Gasteiger partial charge in [0.15, 0.2) is 0 Å². The highest BCUT2D eigenvalue weighted by atomic mass is 31.2. The number of esters is 1. The Morgan fingerprint density at radius 2 is 1.74 bits per heavy atom. The van der Waals surface area contributed by atoms with Crippen LogP contribution in [0.5, 0.6) is 0 Å². The maximum atomic E-state index is 13.4. The summed E-state index contributed by atoms with van der Waals surface area (Å²) in [5.41, 5.74) is -1.13. The first-order chi connectivity index (χ1) is 18.3. The number of alkyl carbamates (subject to hydrolysis) is 1. The quantitative estimate of drug-likeness (QED) is 0.149. The van der Waals surface area contributed by atoms with E-state index in [-0.39, 0.29) is 25.5 Å². The molecule has 1 fully saturated rings. The van der Waals surface area contributed by atoms with E-state index in [4.69, 9.17) is 18.7 Å². The minimum absolute atomic E-state index is 0.169. The van der Waals surface area contributed by atoms with E-state index in [2.05, 4.69) is 10.4 Å². The summed E-state index contributed by atoms with van der Waals surface area (Å²) in [4.78, 5) is 37.1. The van der Waals surface area contributed by atoms with E-state index in [0.717, 1.165) is 37.7 Å². The molecule has 1 aliphatic carbocycles. The molecule has 12 heteroatoms. The number of nitrogens with one attached hydrogen (secondary N) is 2. The van der Waals surface area contributed by atoms with Crippen molar-refractivity contribution in [3.63, 3.8) is 0 Å². The number of methoxy groups -OCH3 is 1. The second-order valence-corrected chi connectivity index (χ2v) is 12.7. The van der Waals surface area contributed by atoms with Gasteiger partial charge in [-0.3, -0.25) is 18.7 Å². The molecule has 0 heterocycles.